The number of nitrogens with one attached hydrogen (secondary N) is 1. The Morgan fingerprint density at radius 1 is 1.53 bits per heavy atom. The minimum Gasteiger partial charge on any atom is -0.495 e. The average molecular weight is 263 g/mol. The number of amides is 2. The Morgan fingerprint density at radius 3 is 2.95 bits per heavy atom. The van der Waals surface area contributed by atoms with Gasteiger partial charge in [0.2, 0.25) is 0 Å². The Balaban J connectivity index is 2.09. The lowest BCUT2D eigenvalue weighted by Gasteiger charge is -2.26. The molecule has 1 aromatic rings. The second-order valence-corrected chi connectivity index (χ2v) is 4.89. The number of urea groups is 1. The van der Waals surface area contributed by atoms with E-state index in [1.54, 1.807) is 7.11 Å². The van der Waals surface area contributed by atoms with Crippen LogP contribution in [0.15, 0.2) is 24.3 Å². The summed E-state index contributed by atoms with van der Waals surface area (Å²) in [6.07, 6.45) is 1.00. The van der Waals surface area contributed by atoms with Gasteiger partial charge in [-0.2, -0.15) is 0 Å². The number of hydrogen-bond acceptors (Lipinski definition) is 3. The lowest BCUT2D eigenvalue weighted by atomic mass is 10.0. The Bertz CT molecular complexity index is 450. The number of anilines is 1. The first kappa shape index (κ1) is 13.7. The van der Waals surface area contributed by atoms with Gasteiger partial charge in [0.05, 0.1) is 12.8 Å². The van der Waals surface area contributed by atoms with Crippen molar-refractivity contribution in [1.29, 1.82) is 0 Å². The van der Waals surface area contributed by atoms with Crippen LogP contribution in [0.4, 0.5) is 10.5 Å². The average Bonchev–Trinajstić information content (AvgIpc) is 2.80. The molecule has 1 saturated heterocycles. The van der Waals surface area contributed by atoms with E-state index in [2.05, 4.69) is 12.2 Å². The van der Waals surface area contributed by atoms with E-state index in [0.717, 1.165) is 13.0 Å². The molecule has 104 valence electrons. The largest absolute Gasteiger partial charge is 0.495 e. The van der Waals surface area contributed by atoms with E-state index in [1.807, 2.05) is 29.2 Å². The molecule has 0 saturated carbocycles. The van der Waals surface area contributed by atoms with Gasteiger partial charge in [0.25, 0.3) is 0 Å². The normalized spacial score (nSPS) is 22.4. The molecular formula is C14H21N3O2. The van der Waals surface area contributed by atoms with E-state index in [0.29, 0.717) is 23.9 Å². The number of ether oxygens (including phenoxy) is 1. The zero-order valence-electron chi connectivity index (χ0n) is 11.4. The standard InChI is InChI=1S/C14H21N3O2/c1-10-7-8-17(12(10)9-15)14(18)16-11-5-3-4-6-13(11)19-2/h3-6,10,12H,7-9,15H2,1-2H3,(H,16,18). The molecule has 2 atom stereocenters. The van der Waals surface area contributed by atoms with Crippen LogP contribution in [-0.2, 0) is 0 Å². The van der Waals surface area contributed by atoms with E-state index >= 15 is 0 Å². The highest BCUT2D eigenvalue weighted by molar-refractivity contribution is 5.91. The summed E-state index contributed by atoms with van der Waals surface area (Å²) in [5.41, 5.74) is 6.44. The maximum Gasteiger partial charge on any atom is 0.322 e. The zero-order chi connectivity index (χ0) is 13.8. The van der Waals surface area contributed by atoms with Crippen LogP contribution in [0.1, 0.15) is 13.3 Å². The third kappa shape index (κ3) is 2.81. The quantitative estimate of drug-likeness (QED) is 0.875. The summed E-state index contributed by atoms with van der Waals surface area (Å²) < 4.78 is 5.23. The van der Waals surface area contributed by atoms with Crippen LogP contribution in [0.2, 0.25) is 0 Å². The van der Waals surface area contributed by atoms with Crippen molar-refractivity contribution < 1.29 is 9.53 Å². The van der Waals surface area contributed by atoms with Crippen LogP contribution in [0.25, 0.3) is 0 Å². The molecule has 3 N–H and O–H groups in total. The van der Waals surface area contributed by atoms with Crippen molar-refractivity contribution in [2.45, 2.75) is 19.4 Å². The molecule has 5 heteroatoms. The van der Waals surface area contributed by atoms with Gasteiger partial charge < -0.3 is 20.7 Å². The predicted octanol–water partition coefficient (Wildman–Crippen LogP) is 1.90. The Kier molecular flexibility index (Phi) is 4.27. The van der Waals surface area contributed by atoms with Gasteiger partial charge >= 0.3 is 6.03 Å². The van der Waals surface area contributed by atoms with Gasteiger partial charge in [-0.1, -0.05) is 19.1 Å². The lowest BCUT2D eigenvalue weighted by Crippen LogP contribution is -2.44. The zero-order valence-corrected chi connectivity index (χ0v) is 11.4. The molecule has 2 unspecified atom stereocenters. The fraction of sp³-hybridized carbons (Fsp3) is 0.500. The molecule has 2 amide bonds. The van der Waals surface area contributed by atoms with Gasteiger partial charge in [0.1, 0.15) is 5.75 Å². The van der Waals surface area contributed by atoms with Crippen molar-refractivity contribution in [3.8, 4) is 5.75 Å². The van der Waals surface area contributed by atoms with E-state index < -0.39 is 0 Å². The fourth-order valence-electron chi connectivity index (χ4n) is 2.55. The SMILES string of the molecule is COc1ccccc1NC(=O)N1CCC(C)C1CN. The van der Waals surface area contributed by atoms with Crippen LogP contribution in [0, 0.1) is 5.92 Å². The van der Waals surface area contributed by atoms with E-state index in [1.165, 1.54) is 0 Å². The van der Waals surface area contributed by atoms with E-state index in [4.69, 9.17) is 10.5 Å². The van der Waals surface area contributed by atoms with E-state index in [-0.39, 0.29) is 12.1 Å². The predicted molar refractivity (Wildman–Crippen MR) is 75.3 cm³/mol. The van der Waals surface area contributed by atoms with Crippen LogP contribution in [0.3, 0.4) is 0 Å². The van der Waals surface area contributed by atoms with Crippen molar-refractivity contribution in [3.63, 3.8) is 0 Å². The van der Waals surface area contributed by atoms with Crippen molar-refractivity contribution in [2.24, 2.45) is 11.7 Å². The monoisotopic (exact) mass is 263 g/mol. The Hall–Kier alpha value is -1.75. The van der Waals surface area contributed by atoms with Gasteiger partial charge in [0.15, 0.2) is 0 Å². The first-order valence-corrected chi connectivity index (χ1v) is 6.58. The van der Waals surface area contributed by atoms with Crippen molar-refractivity contribution in [3.05, 3.63) is 24.3 Å². The number of rotatable bonds is 3. The third-order valence-electron chi connectivity index (χ3n) is 3.73. The van der Waals surface area contributed by atoms with Crippen LogP contribution in [0.5, 0.6) is 5.75 Å². The van der Waals surface area contributed by atoms with Gasteiger partial charge in [-0.25, -0.2) is 4.79 Å². The summed E-state index contributed by atoms with van der Waals surface area (Å²) in [4.78, 5) is 14.1. The molecule has 0 aromatic heterocycles. The summed E-state index contributed by atoms with van der Waals surface area (Å²) >= 11 is 0. The van der Waals surface area contributed by atoms with Crippen LogP contribution < -0.4 is 15.8 Å². The minimum atomic E-state index is -0.107. The smallest absolute Gasteiger partial charge is 0.322 e. The van der Waals surface area contributed by atoms with E-state index in [9.17, 15) is 4.79 Å². The highest BCUT2D eigenvalue weighted by Crippen LogP contribution is 2.27. The second kappa shape index (κ2) is 5.93. The first-order chi connectivity index (χ1) is 9.17. The maximum atomic E-state index is 12.3. The molecule has 5 nitrogen and oxygen atoms in total. The number of carbonyl (C=O) groups excluding carboxylic acids is 1. The molecular weight excluding hydrogens is 242 g/mol. The molecule has 0 aliphatic carbocycles. The Morgan fingerprint density at radius 2 is 2.26 bits per heavy atom. The molecule has 0 bridgehead atoms. The highest BCUT2D eigenvalue weighted by atomic mass is 16.5. The molecule has 1 aliphatic rings. The third-order valence-corrected chi connectivity index (χ3v) is 3.73. The summed E-state index contributed by atoms with van der Waals surface area (Å²) in [5, 5.41) is 2.89. The highest BCUT2D eigenvalue weighted by Gasteiger charge is 2.33. The molecule has 0 spiro atoms. The number of para-hydroxylation sites is 2. The number of hydrogen-bond donors (Lipinski definition) is 2. The molecule has 1 fully saturated rings. The number of nitrogens with zero attached hydrogens (tertiary/aromatic N) is 1. The first-order valence-electron chi connectivity index (χ1n) is 6.58. The van der Waals surface area contributed by atoms with Crippen molar-refractivity contribution >= 4 is 11.7 Å². The Labute approximate surface area is 113 Å². The number of likely N-dealkylation sites (tertiary alicyclic amines) is 1. The number of carbonyl (C=O) groups is 1. The van der Waals surface area contributed by atoms with Crippen molar-refractivity contribution in [2.75, 3.05) is 25.5 Å². The summed E-state index contributed by atoms with van der Waals surface area (Å²) in [7, 11) is 1.59. The molecule has 1 aliphatic heterocycles. The molecule has 19 heavy (non-hydrogen) atoms. The summed E-state index contributed by atoms with van der Waals surface area (Å²) in [6.45, 7) is 3.39. The fourth-order valence-corrected chi connectivity index (χ4v) is 2.55. The topological polar surface area (TPSA) is 67.6 Å². The number of nitrogens with two attached hydrogens (primary N) is 1. The minimum absolute atomic E-state index is 0.107. The summed E-state index contributed by atoms with van der Waals surface area (Å²) in [5.74, 6) is 1.11. The van der Waals surface area contributed by atoms with Crippen molar-refractivity contribution in [1.82, 2.24) is 4.90 Å². The molecule has 0 radical (unpaired) electrons. The molecule has 2 rings (SSSR count). The van der Waals surface area contributed by atoms with Gasteiger partial charge in [-0.15, -0.1) is 0 Å². The van der Waals surface area contributed by atoms with Gasteiger partial charge in [-0.3, -0.25) is 0 Å². The molecule has 1 heterocycles. The second-order valence-electron chi connectivity index (χ2n) is 4.89. The van der Waals surface area contributed by atoms with Gasteiger partial charge in [-0.05, 0) is 24.5 Å². The summed E-state index contributed by atoms with van der Waals surface area (Å²) in [6, 6.07) is 7.40. The number of methoxy groups -OCH3 is 1. The maximum absolute atomic E-state index is 12.3. The van der Waals surface area contributed by atoms with Crippen LogP contribution in [-0.4, -0.2) is 37.2 Å². The van der Waals surface area contributed by atoms with Crippen LogP contribution >= 0.6 is 0 Å². The lowest BCUT2D eigenvalue weighted by molar-refractivity contribution is 0.202. The molecule has 1 aromatic carbocycles. The number of benzene rings is 1. The van der Waals surface area contributed by atoms with Gasteiger partial charge in [0, 0.05) is 19.1 Å².